The minimum Gasteiger partial charge on any atom is -0.315 e. The van der Waals surface area contributed by atoms with Crippen LogP contribution in [0.4, 0.5) is 0 Å². The zero-order valence-electron chi connectivity index (χ0n) is 9.45. The van der Waals surface area contributed by atoms with E-state index in [1.54, 1.807) is 0 Å². The monoisotopic (exact) mass is 215 g/mol. The fraction of sp³-hybridized carbons (Fsp3) is 0.538. The molecule has 3 heteroatoms. The summed E-state index contributed by atoms with van der Waals surface area (Å²) in [7, 11) is 0. The molecule has 1 heterocycles. The van der Waals surface area contributed by atoms with Gasteiger partial charge in [-0.2, -0.15) is 5.26 Å². The molecule has 84 valence electrons. The van der Waals surface area contributed by atoms with Crippen molar-refractivity contribution in [3.05, 3.63) is 30.1 Å². The van der Waals surface area contributed by atoms with Gasteiger partial charge >= 0.3 is 0 Å². The maximum absolute atomic E-state index is 9.05. The number of nitriles is 1. The summed E-state index contributed by atoms with van der Waals surface area (Å²) in [5.74, 6) is 0. The molecule has 0 bridgehead atoms. The van der Waals surface area contributed by atoms with Crippen LogP contribution in [-0.4, -0.2) is 18.1 Å². The molecule has 0 spiro atoms. The van der Waals surface area contributed by atoms with Crippen LogP contribution in [0.3, 0.4) is 0 Å². The third kappa shape index (κ3) is 2.59. The van der Waals surface area contributed by atoms with Crippen molar-refractivity contribution in [3.8, 4) is 6.07 Å². The number of rotatable bonds is 5. The van der Waals surface area contributed by atoms with Gasteiger partial charge in [0, 0.05) is 31.4 Å². The predicted molar refractivity (Wildman–Crippen MR) is 62.7 cm³/mol. The number of nitrogens with one attached hydrogen (secondary N) is 1. The van der Waals surface area contributed by atoms with E-state index in [1.165, 1.54) is 6.42 Å². The normalized spacial score (nSPS) is 17.4. The molecule has 0 aliphatic heterocycles. The number of pyridine rings is 1. The van der Waals surface area contributed by atoms with E-state index >= 15 is 0 Å². The number of hydrogen-bond donors (Lipinski definition) is 1. The van der Waals surface area contributed by atoms with Gasteiger partial charge in [-0.05, 0) is 25.0 Å². The molecule has 3 nitrogen and oxygen atoms in total. The summed E-state index contributed by atoms with van der Waals surface area (Å²) in [6.07, 6.45) is 6.07. The quantitative estimate of drug-likeness (QED) is 0.763. The van der Waals surface area contributed by atoms with Gasteiger partial charge in [-0.3, -0.25) is 4.98 Å². The Bertz CT molecular complexity index is 363. The molecule has 0 saturated heterocycles. The van der Waals surface area contributed by atoms with Gasteiger partial charge in [-0.25, -0.2) is 0 Å². The molecule has 1 N–H and O–H groups in total. The van der Waals surface area contributed by atoms with Crippen LogP contribution in [0, 0.1) is 16.7 Å². The summed E-state index contributed by atoms with van der Waals surface area (Å²) in [6.45, 7) is 1.73. The highest BCUT2D eigenvalue weighted by molar-refractivity contribution is 5.06. The van der Waals surface area contributed by atoms with Gasteiger partial charge in [0.2, 0.25) is 0 Å². The number of hydrogen-bond acceptors (Lipinski definition) is 3. The van der Waals surface area contributed by atoms with Crippen LogP contribution in [0.25, 0.3) is 0 Å². The van der Waals surface area contributed by atoms with Gasteiger partial charge in [0.15, 0.2) is 0 Å². The molecule has 0 aromatic carbocycles. The van der Waals surface area contributed by atoms with E-state index in [2.05, 4.69) is 16.4 Å². The van der Waals surface area contributed by atoms with Crippen LogP contribution in [0.5, 0.6) is 0 Å². The fourth-order valence-electron chi connectivity index (χ4n) is 2.02. The van der Waals surface area contributed by atoms with E-state index in [-0.39, 0.29) is 5.41 Å². The van der Waals surface area contributed by atoms with Gasteiger partial charge in [0.05, 0.1) is 11.5 Å². The molecule has 2 rings (SSSR count). The Morgan fingerprint density at radius 2 is 2.31 bits per heavy atom. The van der Waals surface area contributed by atoms with Crippen molar-refractivity contribution in [2.75, 3.05) is 13.1 Å². The molecule has 1 aliphatic rings. The third-order valence-electron chi connectivity index (χ3n) is 3.30. The van der Waals surface area contributed by atoms with Crippen molar-refractivity contribution in [1.29, 1.82) is 5.26 Å². The van der Waals surface area contributed by atoms with E-state index in [4.69, 9.17) is 5.26 Å². The second-order valence-electron chi connectivity index (χ2n) is 4.49. The summed E-state index contributed by atoms with van der Waals surface area (Å²) in [5, 5.41) is 12.4. The molecule has 1 aromatic rings. The molecule has 0 unspecified atom stereocenters. The highest BCUT2D eigenvalue weighted by atomic mass is 14.9. The maximum atomic E-state index is 9.05. The van der Waals surface area contributed by atoms with Crippen LogP contribution in [-0.2, 0) is 6.42 Å². The van der Waals surface area contributed by atoms with Gasteiger partial charge in [0.25, 0.3) is 0 Å². The first-order valence-electron chi connectivity index (χ1n) is 5.87. The summed E-state index contributed by atoms with van der Waals surface area (Å²) in [5.41, 5.74) is 1.04. The Morgan fingerprint density at radius 3 is 2.88 bits per heavy atom. The molecule has 1 aromatic heterocycles. The largest absolute Gasteiger partial charge is 0.315 e. The molecule has 1 saturated carbocycles. The van der Waals surface area contributed by atoms with E-state index in [0.717, 1.165) is 38.0 Å². The molecule has 0 atom stereocenters. The minimum absolute atomic E-state index is 0.0654. The predicted octanol–water partition coefficient (Wildman–Crippen LogP) is 1.91. The number of aromatic nitrogens is 1. The minimum atomic E-state index is -0.0654. The topological polar surface area (TPSA) is 48.7 Å². The lowest BCUT2D eigenvalue weighted by Crippen LogP contribution is -2.39. The van der Waals surface area contributed by atoms with Crippen molar-refractivity contribution >= 4 is 0 Å². The van der Waals surface area contributed by atoms with Crippen LogP contribution in [0.1, 0.15) is 25.0 Å². The van der Waals surface area contributed by atoms with Crippen molar-refractivity contribution in [3.63, 3.8) is 0 Å². The van der Waals surface area contributed by atoms with Gasteiger partial charge in [0.1, 0.15) is 0 Å². The van der Waals surface area contributed by atoms with Crippen LogP contribution in [0.15, 0.2) is 24.4 Å². The Balaban J connectivity index is 1.68. The molecular weight excluding hydrogens is 198 g/mol. The van der Waals surface area contributed by atoms with Gasteiger partial charge < -0.3 is 5.32 Å². The van der Waals surface area contributed by atoms with E-state index in [1.807, 2.05) is 24.4 Å². The zero-order chi connectivity index (χ0) is 11.3. The second-order valence-corrected chi connectivity index (χ2v) is 4.49. The van der Waals surface area contributed by atoms with E-state index in [9.17, 15) is 0 Å². The first-order valence-corrected chi connectivity index (χ1v) is 5.87. The standard InChI is InChI=1S/C13H17N3/c14-10-13(6-3-7-13)11-15-9-5-12-4-1-2-8-16-12/h1-2,4,8,15H,3,5-7,9,11H2. The molecule has 1 fully saturated rings. The molecule has 1 aliphatic carbocycles. The van der Waals surface area contributed by atoms with Crippen molar-refractivity contribution in [2.45, 2.75) is 25.7 Å². The molecule has 0 radical (unpaired) electrons. The average Bonchev–Trinajstić information content (AvgIpc) is 2.29. The van der Waals surface area contributed by atoms with Gasteiger partial charge in [-0.15, -0.1) is 0 Å². The summed E-state index contributed by atoms with van der Waals surface area (Å²) < 4.78 is 0. The molecule has 16 heavy (non-hydrogen) atoms. The Labute approximate surface area is 96.5 Å². The average molecular weight is 215 g/mol. The van der Waals surface area contributed by atoms with Crippen LogP contribution >= 0.6 is 0 Å². The Hall–Kier alpha value is -1.40. The highest BCUT2D eigenvalue weighted by Crippen LogP contribution is 2.39. The van der Waals surface area contributed by atoms with E-state index < -0.39 is 0 Å². The molecular formula is C13H17N3. The SMILES string of the molecule is N#CC1(CNCCc2ccccn2)CCC1. The first-order chi connectivity index (χ1) is 7.85. The Morgan fingerprint density at radius 1 is 1.44 bits per heavy atom. The molecule has 0 amide bonds. The van der Waals surface area contributed by atoms with Crippen LogP contribution < -0.4 is 5.32 Å². The van der Waals surface area contributed by atoms with Crippen molar-refractivity contribution < 1.29 is 0 Å². The zero-order valence-corrected chi connectivity index (χ0v) is 9.45. The lowest BCUT2D eigenvalue weighted by molar-refractivity contribution is 0.208. The Kier molecular flexibility index (Phi) is 3.53. The summed E-state index contributed by atoms with van der Waals surface area (Å²) >= 11 is 0. The number of nitrogens with zero attached hydrogens (tertiary/aromatic N) is 2. The fourth-order valence-corrected chi connectivity index (χ4v) is 2.02. The third-order valence-corrected chi connectivity index (χ3v) is 3.30. The summed E-state index contributed by atoms with van der Waals surface area (Å²) in [4.78, 5) is 4.26. The smallest absolute Gasteiger partial charge is 0.0703 e. The van der Waals surface area contributed by atoms with Crippen molar-refractivity contribution in [2.24, 2.45) is 5.41 Å². The second kappa shape index (κ2) is 5.09. The van der Waals surface area contributed by atoms with Gasteiger partial charge in [-0.1, -0.05) is 12.5 Å². The van der Waals surface area contributed by atoms with Crippen LogP contribution in [0.2, 0.25) is 0 Å². The lowest BCUT2D eigenvalue weighted by Gasteiger charge is -2.35. The first kappa shape index (κ1) is 11.1. The lowest BCUT2D eigenvalue weighted by atomic mass is 9.70. The maximum Gasteiger partial charge on any atom is 0.0703 e. The van der Waals surface area contributed by atoms with E-state index in [0.29, 0.717) is 0 Å². The van der Waals surface area contributed by atoms with Crippen molar-refractivity contribution in [1.82, 2.24) is 10.3 Å². The highest BCUT2D eigenvalue weighted by Gasteiger charge is 2.36. The summed E-state index contributed by atoms with van der Waals surface area (Å²) in [6, 6.07) is 8.40.